The molecule has 0 aromatic carbocycles. The second-order valence-corrected chi connectivity index (χ2v) is 4.75. The summed E-state index contributed by atoms with van der Waals surface area (Å²) in [6, 6.07) is -0.640. The molecule has 0 spiro atoms. The molecule has 1 aliphatic heterocycles. The third-order valence-corrected chi connectivity index (χ3v) is 3.98. The van der Waals surface area contributed by atoms with Gasteiger partial charge in [-0.2, -0.15) is 0 Å². The Bertz CT molecular complexity index is 183. The van der Waals surface area contributed by atoms with Gasteiger partial charge in [-0.15, -0.1) is 0 Å². The average Bonchev–Trinajstić information content (AvgIpc) is 1.98. The van der Waals surface area contributed by atoms with Crippen molar-refractivity contribution < 1.29 is 15.0 Å². The van der Waals surface area contributed by atoms with E-state index in [0.717, 1.165) is 0 Å². The van der Waals surface area contributed by atoms with Crippen LogP contribution in [-0.2, 0) is 15.0 Å². The van der Waals surface area contributed by atoms with Crippen LogP contribution in [0.3, 0.4) is 0 Å². The van der Waals surface area contributed by atoms with Crippen molar-refractivity contribution in [2.45, 2.75) is 18.9 Å². The molecule has 5 nitrogen and oxygen atoms in total. The van der Waals surface area contributed by atoms with E-state index >= 15 is 0 Å². The standard InChI is InChI=1S/C5H9NO4.Tl/c6-3(5(9)10)1-2-4(7)8;/h3H,1-2,6H2,(H,7,8)(H,9,10);/q;+2/p-2/t3-;/m1./s1. The van der Waals surface area contributed by atoms with E-state index in [-0.39, 0.29) is 12.4 Å². The SMILES string of the molecule is N[C@@H]1CCC(=O)[O][Tl][O]C1=O. The van der Waals surface area contributed by atoms with Gasteiger partial charge in [0, 0.05) is 0 Å². The molecule has 0 aromatic heterocycles. The molecule has 1 atom stereocenters. The zero-order valence-corrected chi connectivity index (χ0v) is 10.3. The molecule has 6 heteroatoms. The summed E-state index contributed by atoms with van der Waals surface area (Å²) in [4.78, 5) is 21.5. The molecule has 1 aliphatic rings. The van der Waals surface area contributed by atoms with Crippen LogP contribution >= 0.6 is 0 Å². The van der Waals surface area contributed by atoms with Gasteiger partial charge in [-0.25, -0.2) is 0 Å². The Morgan fingerprint density at radius 2 is 2.18 bits per heavy atom. The van der Waals surface area contributed by atoms with Crippen molar-refractivity contribution in [3.8, 4) is 0 Å². The summed E-state index contributed by atoms with van der Waals surface area (Å²) in [5.41, 5.74) is 5.36. The molecule has 1 fully saturated rings. The van der Waals surface area contributed by atoms with Gasteiger partial charge in [0.05, 0.1) is 0 Å². The van der Waals surface area contributed by atoms with E-state index in [2.05, 4.69) is 5.37 Å². The first-order valence-electron chi connectivity index (χ1n) is 3.17. The van der Waals surface area contributed by atoms with Crippen molar-refractivity contribution in [2.75, 3.05) is 0 Å². The Balaban J connectivity index is 2.47. The summed E-state index contributed by atoms with van der Waals surface area (Å²) >= 11 is -2.02. The van der Waals surface area contributed by atoms with Gasteiger partial charge in [-0.05, 0) is 0 Å². The Morgan fingerprint density at radius 3 is 2.91 bits per heavy atom. The Hall–Kier alpha value is -0.178. The van der Waals surface area contributed by atoms with Crippen LogP contribution in [0, 0.1) is 0 Å². The molecule has 1 heterocycles. The normalized spacial score (nSPS) is 25.0. The van der Waals surface area contributed by atoms with Crippen LogP contribution in [0.1, 0.15) is 12.8 Å². The molecule has 0 aliphatic carbocycles. The maximum atomic E-state index is 10.8. The van der Waals surface area contributed by atoms with Crippen molar-refractivity contribution >= 4 is 37.1 Å². The molecule has 0 radical (unpaired) electrons. The van der Waals surface area contributed by atoms with Crippen molar-refractivity contribution in [2.24, 2.45) is 5.73 Å². The predicted octanol–water partition coefficient (Wildman–Crippen LogP) is -1.27. The van der Waals surface area contributed by atoms with Gasteiger partial charge in [0.15, 0.2) is 0 Å². The summed E-state index contributed by atoms with van der Waals surface area (Å²) in [7, 11) is 0. The van der Waals surface area contributed by atoms with Crippen LogP contribution in [0.15, 0.2) is 0 Å². The number of rotatable bonds is 0. The Kier molecular flexibility index (Phi) is 3.24. The van der Waals surface area contributed by atoms with E-state index in [1.54, 1.807) is 0 Å². The molecule has 11 heavy (non-hydrogen) atoms. The van der Waals surface area contributed by atoms with Crippen LogP contribution in [0.2, 0.25) is 0 Å². The van der Waals surface area contributed by atoms with E-state index in [4.69, 9.17) is 5.73 Å². The van der Waals surface area contributed by atoms with E-state index in [1.807, 2.05) is 0 Å². The summed E-state index contributed by atoms with van der Waals surface area (Å²) in [6.07, 6.45) is 0.552. The summed E-state index contributed by atoms with van der Waals surface area (Å²) in [5, 5.41) is 0. The second-order valence-electron chi connectivity index (χ2n) is 2.17. The third-order valence-electron chi connectivity index (χ3n) is 1.31. The Labute approximate surface area is 76.7 Å². The fourth-order valence-corrected chi connectivity index (χ4v) is 2.77. The van der Waals surface area contributed by atoms with Gasteiger partial charge in [-0.3, -0.25) is 0 Å². The van der Waals surface area contributed by atoms with E-state index < -0.39 is 37.2 Å². The number of hydrogen-bond donors (Lipinski definition) is 1. The van der Waals surface area contributed by atoms with Crippen LogP contribution in [0.4, 0.5) is 0 Å². The fraction of sp³-hybridized carbons (Fsp3) is 0.600. The first kappa shape index (κ1) is 8.91. The maximum absolute atomic E-state index is 10.8. The van der Waals surface area contributed by atoms with E-state index in [9.17, 15) is 9.59 Å². The van der Waals surface area contributed by atoms with Gasteiger partial charge in [0.1, 0.15) is 0 Å². The molecule has 2 N–H and O–H groups in total. The molecule has 0 unspecified atom stereocenters. The van der Waals surface area contributed by atoms with Crippen LogP contribution < -0.4 is 5.73 Å². The minimum atomic E-state index is -2.02. The molecule has 0 aromatic rings. The monoisotopic (exact) mass is 350 g/mol. The van der Waals surface area contributed by atoms with Gasteiger partial charge in [0.2, 0.25) is 0 Å². The molecule has 0 amide bonds. The van der Waals surface area contributed by atoms with Crippen molar-refractivity contribution in [3.05, 3.63) is 0 Å². The van der Waals surface area contributed by atoms with Gasteiger partial charge in [-0.1, -0.05) is 0 Å². The van der Waals surface area contributed by atoms with Gasteiger partial charge in [0.25, 0.3) is 0 Å². The number of hydrogen-bond acceptors (Lipinski definition) is 5. The molecular formula is C5H7NO4Tl. The molecule has 1 saturated heterocycles. The first-order chi connectivity index (χ1) is 5.20. The minimum absolute atomic E-state index is 0.229. The molecule has 59 valence electrons. The third kappa shape index (κ3) is 2.74. The number of carbonyl (C=O) groups is 2. The quantitative estimate of drug-likeness (QED) is 0.552. The fourth-order valence-electron chi connectivity index (χ4n) is 0.663. The number of carbonyl (C=O) groups excluding carboxylic acids is 2. The molecule has 0 bridgehead atoms. The van der Waals surface area contributed by atoms with Crippen LogP contribution in [0.25, 0.3) is 0 Å². The Morgan fingerprint density at radius 1 is 1.45 bits per heavy atom. The zero-order chi connectivity index (χ0) is 8.27. The van der Waals surface area contributed by atoms with E-state index in [1.165, 1.54) is 0 Å². The van der Waals surface area contributed by atoms with E-state index in [0.29, 0.717) is 6.42 Å². The average molecular weight is 349 g/mol. The van der Waals surface area contributed by atoms with Gasteiger partial charge < -0.3 is 0 Å². The van der Waals surface area contributed by atoms with Crippen molar-refractivity contribution in [1.29, 1.82) is 0 Å². The summed E-state index contributed by atoms with van der Waals surface area (Å²) in [6.45, 7) is 0. The second kappa shape index (κ2) is 4.00. The number of nitrogens with two attached hydrogens (primary N) is 1. The topological polar surface area (TPSA) is 78.6 Å². The van der Waals surface area contributed by atoms with Gasteiger partial charge >= 0.3 is 76.7 Å². The van der Waals surface area contributed by atoms with Crippen molar-refractivity contribution in [3.63, 3.8) is 0 Å². The van der Waals surface area contributed by atoms with Crippen molar-refractivity contribution in [1.82, 2.24) is 0 Å². The summed E-state index contributed by atoms with van der Waals surface area (Å²) in [5.74, 6) is -0.713. The first-order valence-corrected chi connectivity index (χ1v) is 6.84. The van der Waals surface area contributed by atoms with Crippen LogP contribution in [-0.4, -0.2) is 43.1 Å². The molecular weight excluding hydrogens is 342 g/mol. The predicted molar refractivity (Wildman–Crippen MR) is 35.1 cm³/mol. The zero-order valence-electron chi connectivity index (χ0n) is 5.78. The van der Waals surface area contributed by atoms with Crippen LogP contribution in [0.5, 0.6) is 0 Å². The molecule has 0 saturated carbocycles. The summed E-state index contributed by atoms with van der Waals surface area (Å²) < 4.78 is 9.34. The molecule has 1 rings (SSSR count).